The molecule has 0 radical (unpaired) electrons. The lowest BCUT2D eigenvalue weighted by molar-refractivity contribution is -0.122. The number of nitrogens with one attached hydrogen (secondary N) is 2. The van der Waals surface area contributed by atoms with E-state index in [2.05, 4.69) is 10.9 Å². The molecule has 1 aliphatic rings. The highest BCUT2D eigenvalue weighted by molar-refractivity contribution is 5.75. The summed E-state index contributed by atoms with van der Waals surface area (Å²) < 4.78 is 0. The van der Waals surface area contributed by atoms with Crippen molar-refractivity contribution in [1.29, 1.82) is 0 Å². The van der Waals surface area contributed by atoms with Crippen LogP contribution in [0.3, 0.4) is 0 Å². The summed E-state index contributed by atoms with van der Waals surface area (Å²) in [6.45, 7) is 0. The van der Waals surface area contributed by atoms with Crippen molar-refractivity contribution in [2.45, 2.75) is 32.1 Å². The molecule has 0 saturated heterocycles. The van der Waals surface area contributed by atoms with Crippen molar-refractivity contribution in [3.8, 4) is 0 Å². The normalized spacial score (nSPS) is 18.6. The Hall–Kier alpha value is -0.570. The zero-order valence-electron chi connectivity index (χ0n) is 7.02. The summed E-state index contributed by atoms with van der Waals surface area (Å²) in [7, 11) is 1.71. The number of hydrogen-bond acceptors (Lipinski definition) is 2. The maximum Gasteiger partial charge on any atom is 0.234 e. The zero-order valence-corrected chi connectivity index (χ0v) is 7.02. The summed E-state index contributed by atoms with van der Waals surface area (Å²) in [4.78, 5) is 11.0. The summed E-state index contributed by atoms with van der Waals surface area (Å²) in [5.41, 5.74) is 5.23. The van der Waals surface area contributed by atoms with E-state index in [1.165, 1.54) is 25.7 Å². The van der Waals surface area contributed by atoms with Gasteiger partial charge in [-0.1, -0.05) is 12.8 Å². The van der Waals surface area contributed by atoms with E-state index in [0.717, 1.165) is 0 Å². The fourth-order valence-corrected chi connectivity index (χ4v) is 1.67. The lowest BCUT2D eigenvalue weighted by Gasteiger charge is -2.07. The predicted molar refractivity (Wildman–Crippen MR) is 43.8 cm³/mol. The SMILES string of the molecule is CNNC(=O)CC1CCCC1. The molecule has 2 N–H and O–H groups in total. The van der Waals surface area contributed by atoms with Gasteiger partial charge in [-0.25, -0.2) is 5.43 Å². The minimum absolute atomic E-state index is 0.124. The molecule has 0 aromatic carbocycles. The Morgan fingerprint density at radius 1 is 1.45 bits per heavy atom. The number of hydrazine groups is 1. The van der Waals surface area contributed by atoms with Gasteiger partial charge in [0.25, 0.3) is 0 Å². The summed E-state index contributed by atoms with van der Waals surface area (Å²) >= 11 is 0. The standard InChI is InChI=1S/C8H16N2O/c1-9-10-8(11)6-7-4-2-3-5-7/h7,9H,2-6H2,1H3,(H,10,11). The molecule has 1 rings (SSSR count). The van der Waals surface area contributed by atoms with E-state index >= 15 is 0 Å². The molecule has 1 saturated carbocycles. The van der Waals surface area contributed by atoms with Crippen molar-refractivity contribution >= 4 is 5.91 Å². The van der Waals surface area contributed by atoms with Crippen molar-refractivity contribution < 1.29 is 4.79 Å². The first kappa shape index (κ1) is 8.53. The third-order valence-corrected chi connectivity index (χ3v) is 2.21. The van der Waals surface area contributed by atoms with E-state index < -0.39 is 0 Å². The van der Waals surface area contributed by atoms with Crippen molar-refractivity contribution in [2.75, 3.05) is 7.05 Å². The van der Waals surface area contributed by atoms with Gasteiger partial charge < -0.3 is 0 Å². The molecule has 1 fully saturated rings. The van der Waals surface area contributed by atoms with Crippen LogP contribution in [0.15, 0.2) is 0 Å². The molecule has 1 aliphatic carbocycles. The number of hydrogen-bond donors (Lipinski definition) is 2. The van der Waals surface area contributed by atoms with E-state index in [9.17, 15) is 4.79 Å². The molecule has 0 atom stereocenters. The smallest absolute Gasteiger partial charge is 0.234 e. The van der Waals surface area contributed by atoms with Crippen LogP contribution in [0.2, 0.25) is 0 Å². The van der Waals surface area contributed by atoms with Crippen LogP contribution in [0.1, 0.15) is 32.1 Å². The molecule has 0 spiro atoms. The van der Waals surface area contributed by atoms with E-state index in [1.54, 1.807) is 7.05 Å². The van der Waals surface area contributed by atoms with Gasteiger partial charge in [0.2, 0.25) is 5.91 Å². The molecule has 0 heterocycles. The quantitative estimate of drug-likeness (QED) is 0.594. The van der Waals surface area contributed by atoms with E-state index in [4.69, 9.17) is 0 Å². The molecule has 0 aromatic rings. The van der Waals surface area contributed by atoms with Gasteiger partial charge in [0, 0.05) is 13.5 Å². The van der Waals surface area contributed by atoms with Crippen LogP contribution >= 0.6 is 0 Å². The molecule has 11 heavy (non-hydrogen) atoms. The van der Waals surface area contributed by atoms with Crippen molar-refractivity contribution in [3.05, 3.63) is 0 Å². The minimum atomic E-state index is 0.124. The second-order valence-corrected chi connectivity index (χ2v) is 3.15. The van der Waals surface area contributed by atoms with Crippen LogP contribution in [-0.2, 0) is 4.79 Å². The molecule has 0 aromatic heterocycles. The fraction of sp³-hybridized carbons (Fsp3) is 0.875. The lowest BCUT2D eigenvalue weighted by Crippen LogP contribution is -2.34. The van der Waals surface area contributed by atoms with Gasteiger partial charge in [0.15, 0.2) is 0 Å². The third-order valence-electron chi connectivity index (χ3n) is 2.21. The maximum absolute atomic E-state index is 11.0. The van der Waals surface area contributed by atoms with Gasteiger partial charge in [-0.15, -0.1) is 0 Å². The molecule has 3 nitrogen and oxygen atoms in total. The van der Waals surface area contributed by atoms with Crippen LogP contribution in [-0.4, -0.2) is 13.0 Å². The monoisotopic (exact) mass is 156 g/mol. The Morgan fingerprint density at radius 3 is 2.64 bits per heavy atom. The molecular weight excluding hydrogens is 140 g/mol. The Kier molecular flexibility index (Phi) is 3.36. The van der Waals surface area contributed by atoms with Gasteiger partial charge >= 0.3 is 0 Å². The van der Waals surface area contributed by atoms with Crippen molar-refractivity contribution in [2.24, 2.45) is 5.92 Å². The number of carbonyl (C=O) groups excluding carboxylic acids is 1. The molecule has 0 unspecified atom stereocenters. The maximum atomic E-state index is 11.0. The molecule has 1 amide bonds. The highest BCUT2D eigenvalue weighted by atomic mass is 16.2. The highest BCUT2D eigenvalue weighted by Gasteiger charge is 2.17. The van der Waals surface area contributed by atoms with Crippen molar-refractivity contribution in [3.63, 3.8) is 0 Å². The Labute approximate surface area is 67.5 Å². The second kappa shape index (κ2) is 4.34. The second-order valence-electron chi connectivity index (χ2n) is 3.15. The molecule has 3 heteroatoms. The van der Waals surface area contributed by atoms with Gasteiger partial charge in [-0.3, -0.25) is 10.2 Å². The first-order valence-corrected chi connectivity index (χ1v) is 4.28. The summed E-state index contributed by atoms with van der Waals surface area (Å²) in [5.74, 6) is 0.766. The molecule has 64 valence electrons. The first-order chi connectivity index (χ1) is 5.33. The van der Waals surface area contributed by atoms with E-state index in [0.29, 0.717) is 12.3 Å². The zero-order chi connectivity index (χ0) is 8.10. The fourth-order valence-electron chi connectivity index (χ4n) is 1.67. The van der Waals surface area contributed by atoms with Crippen molar-refractivity contribution in [1.82, 2.24) is 10.9 Å². The average Bonchev–Trinajstić information content (AvgIpc) is 2.40. The average molecular weight is 156 g/mol. The highest BCUT2D eigenvalue weighted by Crippen LogP contribution is 2.27. The summed E-state index contributed by atoms with van der Waals surface area (Å²) in [5, 5.41) is 0. The van der Waals surface area contributed by atoms with Gasteiger partial charge in [0.1, 0.15) is 0 Å². The van der Waals surface area contributed by atoms with Crippen LogP contribution < -0.4 is 10.9 Å². The molecule has 0 bridgehead atoms. The van der Waals surface area contributed by atoms with Gasteiger partial charge in [-0.2, -0.15) is 0 Å². The Morgan fingerprint density at radius 2 is 2.09 bits per heavy atom. The number of carbonyl (C=O) groups is 1. The number of rotatable bonds is 3. The molecule has 0 aliphatic heterocycles. The molecular formula is C8H16N2O. The van der Waals surface area contributed by atoms with Gasteiger partial charge in [0.05, 0.1) is 0 Å². The topological polar surface area (TPSA) is 41.1 Å². The van der Waals surface area contributed by atoms with Crippen LogP contribution in [0.4, 0.5) is 0 Å². The van der Waals surface area contributed by atoms with E-state index in [1.807, 2.05) is 0 Å². The summed E-state index contributed by atoms with van der Waals surface area (Å²) in [6.07, 6.45) is 5.77. The lowest BCUT2D eigenvalue weighted by atomic mass is 10.0. The Bertz CT molecular complexity index is 130. The van der Waals surface area contributed by atoms with Crippen LogP contribution in [0.25, 0.3) is 0 Å². The summed E-state index contributed by atoms with van der Waals surface area (Å²) in [6, 6.07) is 0. The predicted octanol–water partition coefficient (Wildman–Crippen LogP) is 0.817. The largest absolute Gasteiger partial charge is 0.292 e. The van der Waals surface area contributed by atoms with Gasteiger partial charge in [-0.05, 0) is 18.8 Å². The Balaban J connectivity index is 2.13. The van der Waals surface area contributed by atoms with Crippen LogP contribution in [0.5, 0.6) is 0 Å². The van der Waals surface area contributed by atoms with E-state index in [-0.39, 0.29) is 5.91 Å². The third kappa shape index (κ3) is 2.89. The number of amides is 1. The minimum Gasteiger partial charge on any atom is -0.292 e. The van der Waals surface area contributed by atoms with Crippen LogP contribution in [0, 0.1) is 5.92 Å². The first-order valence-electron chi connectivity index (χ1n) is 4.28.